The lowest BCUT2D eigenvalue weighted by molar-refractivity contribution is 0.266. The van der Waals surface area contributed by atoms with Gasteiger partial charge in [0.1, 0.15) is 12.4 Å². The van der Waals surface area contributed by atoms with Crippen molar-refractivity contribution in [3.05, 3.63) is 85.6 Å². The van der Waals surface area contributed by atoms with E-state index in [0.29, 0.717) is 39.7 Å². The molecule has 1 N–H and O–H groups in total. The van der Waals surface area contributed by atoms with Gasteiger partial charge < -0.3 is 14.8 Å². The van der Waals surface area contributed by atoms with Gasteiger partial charge in [0.25, 0.3) is 0 Å². The fourth-order valence-electron chi connectivity index (χ4n) is 2.77. The molecule has 0 aliphatic carbocycles. The average Bonchev–Trinajstić information content (AvgIpc) is 2.68. The van der Waals surface area contributed by atoms with E-state index in [1.54, 1.807) is 30.3 Å². The van der Waals surface area contributed by atoms with Crippen LogP contribution in [0.1, 0.15) is 18.1 Å². The maximum Gasteiger partial charge on any atom is 0.180 e. The summed E-state index contributed by atoms with van der Waals surface area (Å²) in [5, 5.41) is 4.93. The normalized spacial score (nSPS) is 10.7. The Hall–Kier alpha value is -1.85. The molecule has 8 heteroatoms. The number of hydrogen-bond donors (Lipinski definition) is 1. The summed E-state index contributed by atoms with van der Waals surface area (Å²) in [4.78, 5) is 0. The van der Waals surface area contributed by atoms with Crippen LogP contribution in [0.5, 0.6) is 11.5 Å². The van der Waals surface area contributed by atoms with Crippen LogP contribution in [0, 0.1) is 5.82 Å². The Bertz CT molecular complexity index is 1030. The summed E-state index contributed by atoms with van der Waals surface area (Å²) in [6, 6.07) is 13.2. The van der Waals surface area contributed by atoms with Crippen LogP contribution in [0.2, 0.25) is 20.1 Å². The van der Waals surface area contributed by atoms with Gasteiger partial charge in [-0.25, -0.2) is 4.39 Å². The van der Waals surface area contributed by atoms with Crippen molar-refractivity contribution in [1.82, 2.24) is 0 Å². The average molecular weight is 489 g/mol. The molecule has 0 amide bonds. The quantitative estimate of drug-likeness (QED) is 0.348. The molecule has 0 heterocycles. The number of ether oxygens (including phenoxy) is 2. The summed E-state index contributed by atoms with van der Waals surface area (Å²) in [6.07, 6.45) is 0. The van der Waals surface area contributed by atoms with Gasteiger partial charge in [-0.1, -0.05) is 52.5 Å². The van der Waals surface area contributed by atoms with E-state index in [4.69, 9.17) is 55.9 Å². The van der Waals surface area contributed by atoms with Gasteiger partial charge in [0.15, 0.2) is 11.5 Å². The highest BCUT2D eigenvalue weighted by molar-refractivity contribution is 6.36. The second-order valence-electron chi connectivity index (χ2n) is 6.30. The fourth-order valence-corrected chi connectivity index (χ4v) is 3.75. The monoisotopic (exact) mass is 487 g/mol. The molecule has 3 nitrogen and oxygen atoms in total. The number of benzene rings is 3. The van der Waals surface area contributed by atoms with Gasteiger partial charge in [0.2, 0.25) is 0 Å². The van der Waals surface area contributed by atoms with E-state index in [-0.39, 0.29) is 17.2 Å². The Kier molecular flexibility index (Phi) is 7.95. The van der Waals surface area contributed by atoms with Gasteiger partial charge in [0.05, 0.1) is 27.4 Å². The Labute approximate surface area is 194 Å². The van der Waals surface area contributed by atoms with Crippen LogP contribution >= 0.6 is 46.4 Å². The van der Waals surface area contributed by atoms with Crippen molar-refractivity contribution in [2.75, 3.05) is 11.9 Å². The molecule has 158 valence electrons. The highest BCUT2D eigenvalue weighted by Crippen LogP contribution is 2.38. The largest absolute Gasteiger partial charge is 0.490 e. The molecule has 3 aromatic carbocycles. The smallest absolute Gasteiger partial charge is 0.180 e. The van der Waals surface area contributed by atoms with Crippen LogP contribution in [0.4, 0.5) is 10.1 Å². The summed E-state index contributed by atoms with van der Waals surface area (Å²) in [7, 11) is 0. The molecule has 0 bridgehead atoms. The van der Waals surface area contributed by atoms with E-state index >= 15 is 0 Å². The molecule has 0 atom stereocenters. The SMILES string of the molecule is CCOc1cc(CNc2ccc(Cl)cc2Cl)cc(Cl)c1OCc1c(F)cccc1Cl. The first-order valence-electron chi connectivity index (χ1n) is 9.09. The van der Waals surface area contributed by atoms with E-state index in [9.17, 15) is 4.39 Å². The van der Waals surface area contributed by atoms with E-state index in [1.165, 1.54) is 12.1 Å². The van der Waals surface area contributed by atoms with Gasteiger partial charge in [-0.3, -0.25) is 0 Å². The summed E-state index contributed by atoms with van der Waals surface area (Å²) in [6.45, 7) is 2.63. The summed E-state index contributed by atoms with van der Waals surface area (Å²) >= 11 is 24.6. The molecule has 0 aromatic heterocycles. The van der Waals surface area contributed by atoms with E-state index < -0.39 is 5.82 Å². The number of hydrogen-bond acceptors (Lipinski definition) is 3. The molecule has 0 radical (unpaired) electrons. The second-order valence-corrected chi connectivity index (χ2v) is 7.96. The maximum atomic E-state index is 14.0. The second kappa shape index (κ2) is 10.5. The molecule has 0 spiro atoms. The van der Waals surface area contributed by atoms with Crippen molar-refractivity contribution in [3.8, 4) is 11.5 Å². The van der Waals surface area contributed by atoms with Gasteiger partial charge >= 0.3 is 0 Å². The van der Waals surface area contributed by atoms with E-state index in [1.807, 2.05) is 13.0 Å². The molecule has 0 aliphatic rings. The van der Waals surface area contributed by atoms with Crippen LogP contribution in [0.3, 0.4) is 0 Å². The van der Waals surface area contributed by atoms with Crippen LogP contribution < -0.4 is 14.8 Å². The summed E-state index contributed by atoms with van der Waals surface area (Å²) < 4.78 is 25.5. The number of halogens is 5. The third kappa shape index (κ3) is 5.64. The predicted molar refractivity (Wildman–Crippen MR) is 122 cm³/mol. The molecule has 0 fully saturated rings. The van der Waals surface area contributed by atoms with Crippen molar-refractivity contribution in [2.24, 2.45) is 0 Å². The predicted octanol–water partition coefficient (Wildman–Crippen LogP) is 8.03. The lowest BCUT2D eigenvalue weighted by Crippen LogP contribution is -2.05. The molecule has 30 heavy (non-hydrogen) atoms. The van der Waals surface area contributed by atoms with Gasteiger partial charge in [-0.2, -0.15) is 0 Å². The minimum atomic E-state index is -0.447. The Morgan fingerprint density at radius 1 is 0.900 bits per heavy atom. The van der Waals surface area contributed by atoms with Crippen LogP contribution in [-0.4, -0.2) is 6.61 Å². The molecule has 0 saturated carbocycles. The van der Waals surface area contributed by atoms with Crippen molar-refractivity contribution < 1.29 is 13.9 Å². The minimum absolute atomic E-state index is 0.0801. The van der Waals surface area contributed by atoms with Crippen molar-refractivity contribution in [3.63, 3.8) is 0 Å². The first-order valence-corrected chi connectivity index (χ1v) is 10.6. The zero-order valence-electron chi connectivity index (χ0n) is 15.9. The first kappa shape index (κ1) is 22.8. The van der Waals surface area contributed by atoms with E-state index in [2.05, 4.69) is 5.32 Å². The molecule has 0 aliphatic heterocycles. The first-order chi connectivity index (χ1) is 14.4. The van der Waals surface area contributed by atoms with Gasteiger partial charge in [-0.15, -0.1) is 0 Å². The van der Waals surface area contributed by atoms with Crippen molar-refractivity contribution >= 4 is 52.1 Å². The van der Waals surface area contributed by atoms with Crippen LogP contribution in [-0.2, 0) is 13.2 Å². The zero-order valence-corrected chi connectivity index (χ0v) is 19.0. The van der Waals surface area contributed by atoms with Gasteiger partial charge in [0, 0.05) is 17.1 Å². The van der Waals surface area contributed by atoms with Crippen LogP contribution in [0.25, 0.3) is 0 Å². The standard InChI is InChI=1S/C22H18Cl4FNO2/c1-2-29-21-9-13(11-28-20-7-6-14(23)10-17(20)25)8-18(26)22(21)30-12-15-16(24)4-3-5-19(15)27/h3-10,28H,2,11-12H2,1H3. The molecular weight excluding hydrogens is 471 g/mol. The third-order valence-electron chi connectivity index (χ3n) is 4.21. The number of anilines is 1. The molecule has 0 unspecified atom stereocenters. The number of rotatable bonds is 8. The van der Waals surface area contributed by atoms with Gasteiger partial charge in [-0.05, 0) is 55.0 Å². The molecular formula is C22H18Cl4FNO2. The zero-order chi connectivity index (χ0) is 21.7. The van der Waals surface area contributed by atoms with E-state index in [0.717, 1.165) is 11.3 Å². The number of nitrogens with one attached hydrogen (secondary N) is 1. The third-order valence-corrected chi connectivity index (χ3v) is 5.39. The Balaban J connectivity index is 1.79. The van der Waals surface area contributed by atoms with Crippen molar-refractivity contribution in [2.45, 2.75) is 20.1 Å². The molecule has 3 rings (SSSR count). The minimum Gasteiger partial charge on any atom is -0.490 e. The molecule has 0 saturated heterocycles. The van der Waals surface area contributed by atoms with Crippen molar-refractivity contribution in [1.29, 1.82) is 0 Å². The lowest BCUT2D eigenvalue weighted by atomic mass is 10.2. The topological polar surface area (TPSA) is 30.5 Å². The fraction of sp³-hybridized carbons (Fsp3) is 0.182. The highest BCUT2D eigenvalue weighted by Gasteiger charge is 2.15. The highest BCUT2D eigenvalue weighted by atomic mass is 35.5. The van der Waals surface area contributed by atoms with Crippen LogP contribution in [0.15, 0.2) is 48.5 Å². The Morgan fingerprint density at radius 2 is 1.70 bits per heavy atom. The molecule has 3 aromatic rings. The summed E-state index contributed by atoms with van der Waals surface area (Å²) in [5.41, 5.74) is 1.84. The summed E-state index contributed by atoms with van der Waals surface area (Å²) in [5.74, 6) is 0.333. The lowest BCUT2D eigenvalue weighted by Gasteiger charge is -2.17. The maximum absolute atomic E-state index is 14.0. The Morgan fingerprint density at radius 3 is 2.40 bits per heavy atom.